The van der Waals surface area contributed by atoms with E-state index in [4.69, 9.17) is 69.1 Å². The van der Waals surface area contributed by atoms with Crippen molar-refractivity contribution in [1.82, 2.24) is 0 Å². The molecule has 89 heavy (non-hydrogen) atoms. The molecule has 0 heterocycles. The van der Waals surface area contributed by atoms with Crippen LogP contribution < -0.4 is 27.6 Å². The Kier molecular flexibility index (Phi) is 49.6. The first kappa shape index (κ1) is 98.9. The Labute approximate surface area is 518 Å². The van der Waals surface area contributed by atoms with Gasteiger partial charge in [0, 0.05) is 113 Å². The van der Waals surface area contributed by atoms with Gasteiger partial charge in [0.2, 0.25) is 11.8 Å². The molecule has 16 nitrogen and oxygen atoms in total. The number of hydrogen-bond acceptors (Lipinski definition) is 15. The van der Waals surface area contributed by atoms with Crippen molar-refractivity contribution in [2.45, 2.75) is 191 Å². The highest BCUT2D eigenvalue weighted by atomic mass is 28.5. The Morgan fingerprint density at radius 3 is 0.955 bits per heavy atom. The average molecular weight is 1460 g/mol. The van der Waals surface area contributed by atoms with Gasteiger partial charge in [0.15, 0.2) is 0 Å². The van der Waals surface area contributed by atoms with E-state index in [2.05, 4.69) is 12.7 Å². The lowest BCUT2D eigenvalue weighted by molar-refractivity contribution is -0.367. The van der Waals surface area contributed by atoms with Crippen LogP contribution in [-0.4, -0.2) is 178 Å². The monoisotopic (exact) mass is 1460 g/mol. The molecule has 0 aromatic carbocycles. The Balaban J connectivity index is -0.000000266. The van der Waals surface area contributed by atoms with Gasteiger partial charge in [0.1, 0.15) is 18.7 Å². The number of rotatable bonds is 41. The molecule has 0 saturated carbocycles. The van der Waals surface area contributed by atoms with Crippen molar-refractivity contribution < 1.29 is 146 Å². The first-order chi connectivity index (χ1) is 39.4. The zero-order chi connectivity index (χ0) is 69.3. The zero-order valence-corrected chi connectivity index (χ0v) is 58.2. The summed E-state index contributed by atoms with van der Waals surface area (Å²) in [6.45, 7) is 9.14. The predicted molar refractivity (Wildman–Crippen MR) is 306 cm³/mol. The summed E-state index contributed by atoms with van der Waals surface area (Å²) in [5, 5.41) is 0. The first-order valence-electron chi connectivity index (χ1n) is 27.0. The number of nitrogens with two attached hydrogens (primary N) is 3. The topological polar surface area (TPSA) is 216 Å². The van der Waals surface area contributed by atoms with Crippen LogP contribution in [-0.2, 0) is 51.9 Å². The van der Waals surface area contributed by atoms with E-state index < -0.39 is 157 Å². The van der Waals surface area contributed by atoms with Crippen LogP contribution in [0.15, 0.2) is 11.9 Å². The maximum Gasteiger partial charge on any atom is 0.491 e. The van der Waals surface area contributed by atoms with Gasteiger partial charge in [-0.2, -0.15) is 61.5 Å². The van der Waals surface area contributed by atoms with Gasteiger partial charge in [0.25, 0.3) is 0 Å². The largest absolute Gasteiger partial charge is 1.00 e. The van der Waals surface area contributed by atoms with Gasteiger partial charge in [-0.15, -0.1) is 0 Å². The quantitative estimate of drug-likeness (QED) is 0.0254. The van der Waals surface area contributed by atoms with E-state index in [9.17, 15) is 83.4 Å². The highest BCUT2D eigenvalue weighted by molar-refractivity contribution is 6.84. The summed E-state index contributed by atoms with van der Waals surface area (Å²) in [4.78, 5) is 0. The normalized spacial score (nSPS) is 15.0. The van der Waals surface area contributed by atoms with Gasteiger partial charge in [0.05, 0.1) is 18.9 Å². The molecule has 0 amide bonds. The van der Waals surface area contributed by atoms with Crippen molar-refractivity contribution in [3.8, 4) is 0 Å². The van der Waals surface area contributed by atoms with E-state index >= 15 is 0 Å². The Hall–Kier alpha value is -1.13. The molecule has 0 fully saturated rings. The minimum absolute atomic E-state index is 0. The van der Waals surface area contributed by atoms with Gasteiger partial charge in [-0.1, -0.05) is 13.5 Å². The molecule has 0 rings (SSSR count). The second-order valence-electron chi connectivity index (χ2n) is 20.2. The molecule has 42 heteroatoms. The third-order valence-electron chi connectivity index (χ3n) is 12.3. The number of quaternary nitrogens is 1. The molecule has 0 aromatic heterocycles. The highest BCUT2D eigenvalue weighted by Crippen LogP contribution is 2.41. The van der Waals surface area contributed by atoms with Crippen molar-refractivity contribution in [2.75, 3.05) is 83.1 Å². The fraction of sp³-hybridized carbons (Fsp3) is 0.936. The van der Waals surface area contributed by atoms with Crippen molar-refractivity contribution in [3.05, 3.63) is 18.8 Å². The van der Waals surface area contributed by atoms with E-state index in [0.717, 1.165) is 6.92 Å². The standard InChI is InChI=1S/2C14H35F3N2O6Si3.C9H12F7.C9H12F6.CH4.FH/c2*1-20-27(21-2,11-6-9-18)24-26(5,13-8-14(15,16)17)25-28(22-3,23-4)12-7-10-19;1-7(10,11)4-3-6(9(14,15)16)5-8(2,12)13;1-3-7(10)6(9(13,14)15)4-5-8(2,11)12;;/h2*6-13,18-19H2,1-5H3;6H,1,3-5H2,2H3;3,6H,4-5H2,1-2H3;1H4;1H/q;;+1;;;. The molecule has 0 saturated heterocycles. The second-order valence-corrected chi connectivity index (χ2v) is 39.7. The van der Waals surface area contributed by atoms with Gasteiger partial charge in [-0.3, -0.25) is 0 Å². The Bertz CT molecular complexity index is 1680. The summed E-state index contributed by atoms with van der Waals surface area (Å²) in [6, 6.07) is 0.870. The van der Waals surface area contributed by atoms with Gasteiger partial charge >= 0.3 is 83.0 Å². The van der Waals surface area contributed by atoms with E-state index in [1.807, 2.05) is 0 Å². The minimum Gasteiger partial charge on any atom is -1.00 e. The van der Waals surface area contributed by atoms with Crippen LogP contribution in [0.25, 0.3) is 0 Å². The van der Waals surface area contributed by atoms with Crippen molar-refractivity contribution >= 4 is 52.3 Å². The lowest BCUT2D eigenvalue weighted by Gasteiger charge is -2.41. The Morgan fingerprint density at radius 2 is 0.764 bits per heavy atom. The van der Waals surface area contributed by atoms with E-state index in [1.165, 1.54) is 56.9 Å². The molecule has 542 valence electrons. The molecule has 9 N–H and O–H groups in total. The summed E-state index contributed by atoms with van der Waals surface area (Å²) in [7, 11) is -8.66. The van der Waals surface area contributed by atoms with Crippen molar-refractivity contribution in [3.63, 3.8) is 0 Å². The van der Waals surface area contributed by atoms with Crippen molar-refractivity contribution in [2.24, 2.45) is 29.0 Å². The smallest absolute Gasteiger partial charge is 0.491 e. The summed E-state index contributed by atoms with van der Waals surface area (Å²) in [6.07, 6.45) is -23.2. The zero-order valence-electron chi connectivity index (χ0n) is 52.2. The number of halogens is 20. The first-order valence-corrected chi connectivity index (χ1v) is 39.8. The molecule has 0 aliphatic carbocycles. The van der Waals surface area contributed by atoms with Gasteiger partial charge < -0.3 is 79.5 Å². The third-order valence-corrected chi connectivity index (χ3v) is 35.3. The average Bonchev–Trinajstić information content (AvgIpc) is 3.40. The van der Waals surface area contributed by atoms with Gasteiger partial charge in [-0.25, -0.2) is 22.0 Å². The van der Waals surface area contributed by atoms with Gasteiger partial charge in [-0.05, 0) is 97.7 Å². The Morgan fingerprint density at radius 1 is 0.472 bits per heavy atom. The molecule has 0 bridgehead atoms. The van der Waals surface area contributed by atoms with Crippen LogP contribution in [0.2, 0.25) is 49.4 Å². The molecule has 3 atom stereocenters. The molecular weight excluding hydrogens is 1360 g/mol. The van der Waals surface area contributed by atoms with Crippen LogP contribution in [0, 0.1) is 18.8 Å². The number of alkyl halides is 18. The van der Waals surface area contributed by atoms with Crippen LogP contribution in [0.1, 0.15) is 98.8 Å². The number of hydrogen-bond donors (Lipinski definition) is 4. The molecule has 0 aliphatic rings. The molecule has 0 radical (unpaired) electrons. The van der Waals surface area contributed by atoms with E-state index in [-0.39, 0.29) is 24.2 Å². The minimum atomic E-state index is -4.90. The third kappa shape index (κ3) is 46.6. The summed E-state index contributed by atoms with van der Waals surface area (Å²) >= 11 is 0. The van der Waals surface area contributed by atoms with Crippen LogP contribution in [0.4, 0.5) is 83.4 Å². The fourth-order valence-corrected chi connectivity index (χ4v) is 31.5. The molecule has 3 unspecified atom stereocenters. The lowest BCUT2D eigenvalue weighted by atomic mass is 9.94. The maximum atomic E-state index is 13.0. The van der Waals surface area contributed by atoms with Crippen molar-refractivity contribution in [1.29, 1.82) is 0 Å². The van der Waals surface area contributed by atoms with Crippen LogP contribution in [0.3, 0.4) is 0 Å². The fourth-order valence-electron chi connectivity index (χ4n) is 7.54. The second kappa shape index (κ2) is 44.6. The van der Waals surface area contributed by atoms with E-state index in [1.54, 1.807) is 13.1 Å². The lowest BCUT2D eigenvalue weighted by Crippen LogP contribution is -3.00. The van der Waals surface area contributed by atoms with E-state index in [0.29, 0.717) is 96.0 Å². The SMILES string of the molecule is C.CC=C(F)C(CCC(C)(F)F)C(F)(F)F.CO[Si](CCCN)(OC)O[Si](C)(CCC(F)(F)F)O[Si](CCCN)(OC)OC.CO[Si](CCCN)(OC)O[Si](C)(CCC(F)(F)F)O[Si](CCC[NH3+])(OC)OC.[CH2+]C(F)(F)CCC(CC(C)(F)F)C(F)(F)F.[F-]. The molecule has 0 aliphatic heterocycles. The number of allylic oxidation sites excluding steroid dienone is 2. The summed E-state index contributed by atoms with van der Waals surface area (Å²) < 4.78 is 307. The molecule has 0 aromatic rings. The van der Waals surface area contributed by atoms with Crippen LogP contribution in [0.5, 0.6) is 0 Å². The maximum absolute atomic E-state index is 13.0. The molecule has 0 spiro atoms. The molecular formula is C47H99F20N4O12Si6+. The predicted octanol–water partition coefficient (Wildman–Crippen LogP) is 10.3. The van der Waals surface area contributed by atoms with Crippen LogP contribution >= 0.6 is 0 Å². The highest BCUT2D eigenvalue weighted by Gasteiger charge is 2.57. The summed E-state index contributed by atoms with van der Waals surface area (Å²) in [5.41, 5.74) is 20.5. The summed E-state index contributed by atoms with van der Waals surface area (Å²) in [5.74, 6) is -16.5.